The number of allylic oxidation sites excluding steroid dienone is 2. The van der Waals surface area contributed by atoms with Crippen LogP contribution in [0.4, 0.5) is 0 Å². The summed E-state index contributed by atoms with van der Waals surface area (Å²) in [5.74, 6) is 0. The number of carbonyl (C=O) groups is 2. The van der Waals surface area contributed by atoms with Gasteiger partial charge in [0.25, 0.3) is 10.5 Å². The monoisotopic (exact) mass is 304 g/mol. The van der Waals surface area contributed by atoms with Crippen molar-refractivity contribution in [2.75, 3.05) is 0 Å². The molecule has 0 N–H and O–H groups in total. The highest BCUT2D eigenvalue weighted by Crippen LogP contribution is 2.30. The molecule has 2 aromatic rings. The number of carbonyl (C=O) groups excluding carboxylic acids is 2. The quantitative estimate of drug-likeness (QED) is 0.483. The average Bonchev–Trinajstić information content (AvgIpc) is 2.45. The number of halogens is 2. The lowest BCUT2D eigenvalue weighted by Gasteiger charge is -2.10. The molecule has 0 spiro atoms. The van der Waals surface area contributed by atoms with E-state index in [2.05, 4.69) is 0 Å². The predicted octanol–water partition coefficient (Wildman–Crippen LogP) is 4.13. The van der Waals surface area contributed by atoms with E-state index in [1.165, 1.54) is 0 Å². The molecule has 4 heteroatoms. The van der Waals surface area contributed by atoms with Gasteiger partial charge in [0, 0.05) is 0 Å². The first-order chi connectivity index (χ1) is 9.61. The molecule has 20 heavy (non-hydrogen) atoms. The second-order valence-electron chi connectivity index (χ2n) is 4.03. The number of benzene rings is 2. The highest BCUT2D eigenvalue weighted by Gasteiger charge is 2.21. The van der Waals surface area contributed by atoms with Gasteiger partial charge in [-0.3, -0.25) is 9.59 Å². The smallest absolute Gasteiger partial charge is 0.253 e. The van der Waals surface area contributed by atoms with Crippen molar-refractivity contribution in [3.8, 4) is 0 Å². The first kappa shape index (κ1) is 14.5. The molecular formula is C16H10Cl2O2. The summed E-state index contributed by atoms with van der Waals surface area (Å²) >= 11 is 11.3. The van der Waals surface area contributed by atoms with Crippen LogP contribution < -0.4 is 0 Å². The van der Waals surface area contributed by atoms with E-state index in [-0.39, 0.29) is 11.1 Å². The van der Waals surface area contributed by atoms with Crippen LogP contribution in [-0.2, 0) is 9.59 Å². The minimum Gasteiger partial charge on any atom is -0.276 e. The summed E-state index contributed by atoms with van der Waals surface area (Å²) in [6, 6.07) is 17.5. The zero-order valence-electron chi connectivity index (χ0n) is 10.3. The third-order valence-corrected chi connectivity index (χ3v) is 3.15. The van der Waals surface area contributed by atoms with E-state index in [1.807, 2.05) is 12.1 Å². The third-order valence-electron chi connectivity index (χ3n) is 2.77. The SMILES string of the molecule is O=C(Cl)C(=C(C(=O)Cl)c1ccccc1)c1ccccc1. The Balaban J connectivity index is 2.74. The fourth-order valence-electron chi connectivity index (χ4n) is 1.92. The zero-order chi connectivity index (χ0) is 14.5. The van der Waals surface area contributed by atoms with Gasteiger partial charge in [0.2, 0.25) is 0 Å². The van der Waals surface area contributed by atoms with Crippen LogP contribution in [0.5, 0.6) is 0 Å². The zero-order valence-corrected chi connectivity index (χ0v) is 11.9. The molecular weight excluding hydrogens is 295 g/mol. The maximum Gasteiger partial charge on any atom is 0.253 e. The topological polar surface area (TPSA) is 34.1 Å². The minimum atomic E-state index is -0.718. The molecule has 0 bridgehead atoms. The van der Waals surface area contributed by atoms with Crippen molar-refractivity contribution in [1.29, 1.82) is 0 Å². The van der Waals surface area contributed by atoms with Gasteiger partial charge in [-0.25, -0.2) is 0 Å². The highest BCUT2D eigenvalue weighted by atomic mass is 35.5. The molecule has 2 rings (SSSR count). The summed E-state index contributed by atoms with van der Waals surface area (Å²) in [6.45, 7) is 0. The molecule has 0 saturated heterocycles. The lowest BCUT2D eigenvalue weighted by Crippen LogP contribution is -2.03. The van der Waals surface area contributed by atoms with Crippen LogP contribution in [0.2, 0.25) is 0 Å². The van der Waals surface area contributed by atoms with Crippen molar-refractivity contribution < 1.29 is 9.59 Å². The van der Waals surface area contributed by atoms with E-state index in [0.29, 0.717) is 11.1 Å². The predicted molar refractivity (Wildman–Crippen MR) is 81.4 cm³/mol. The normalized spacial score (nSPS) is 11.7. The Morgan fingerprint density at radius 2 is 0.900 bits per heavy atom. The number of rotatable bonds is 4. The van der Waals surface area contributed by atoms with Gasteiger partial charge >= 0.3 is 0 Å². The van der Waals surface area contributed by atoms with Crippen LogP contribution in [0.15, 0.2) is 60.7 Å². The van der Waals surface area contributed by atoms with Gasteiger partial charge < -0.3 is 0 Å². The fraction of sp³-hybridized carbons (Fsp3) is 0. The Hall–Kier alpha value is -1.90. The Bertz CT molecular complexity index is 602. The molecule has 0 atom stereocenters. The summed E-state index contributed by atoms with van der Waals surface area (Å²) in [5, 5.41) is -1.44. The molecule has 0 aliphatic rings. The maximum atomic E-state index is 11.8. The van der Waals surface area contributed by atoms with Gasteiger partial charge in [0.05, 0.1) is 11.1 Å². The molecule has 0 aliphatic carbocycles. The van der Waals surface area contributed by atoms with Crippen LogP contribution in [0, 0.1) is 0 Å². The Morgan fingerprint density at radius 1 is 0.600 bits per heavy atom. The van der Waals surface area contributed by atoms with Crippen LogP contribution in [0.1, 0.15) is 11.1 Å². The molecule has 2 nitrogen and oxygen atoms in total. The fourth-order valence-corrected chi connectivity index (χ4v) is 2.33. The van der Waals surface area contributed by atoms with Crippen LogP contribution >= 0.6 is 23.2 Å². The standard InChI is InChI=1S/C16H10Cl2O2/c17-15(19)13(11-7-3-1-4-8-11)14(16(18)20)12-9-5-2-6-10-12/h1-10H. The molecule has 0 unspecified atom stereocenters. The maximum absolute atomic E-state index is 11.8. The first-order valence-electron chi connectivity index (χ1n) is 5.86. The van der Waals surface area contributed by atoms with Gasteiger partial charge in [0.1, 0.15) is 0 Å². The highest BCUT2D eigenvalue weighted by molar-refractivity contribution is 6.82. The van der Waals surface area contributed by atoms with Crippen molar-refractivity contribution in [3.63, 3.8) is 0 Å². The Kier molecular flexibility index (Phi) is 4.72. The largest absolute Gasteiger partial charge is 0.276 e. The van der Waals surface area contributed by atoms with Crippen molar-refractivity contribution in [3.05, 3.63) is 71.8 Å². The lowest BCUT2D eigenvalue weighted by molar-refractivity contribution is -0.108. The van der Waals surface area contributed by atoms with Crippen molar-refractivity contribution in [2.45, 2.75) is 0 Å². The molecule has 0 heterocycles. The van der Waals surface area contributed by atoms with Crippen LogP contribution in [0.25, 0.3) is 11.1 Å². The van der Waals surface area contributed by atoms with Crippen LogP contribution in [0.3, 0.4) is 0 Å². The number of hydrogen-bond acceptors (Lipinski definition) is 2. The summed E-state index contributed by atoms with van der Waals surface area (Å²) in [6.07, 6.45) is 0. The first-order valence-corrected chi connectivity index (χ1v) is 6.61. The molecule has 2 aromatic carbocycles. The molecule has 100 valence electrons. The van der Waals surface area contributed by atoms with Crippen LogP contribution in [-0.4, -0.2) is 10.5 Å². The molecule has 0 aliphatic heterocycles. The molecule has 0 amide bonds. The van der Waals surface area contributed by atoms with Gasteiger partial charge in [0.15, 0.2) is 0 Å². The summed E-state index contributed by atoms with van der Waals surface area (Å²) in [4.78, 5) is 23.5. The third kappa shape index (κ3) is 3.16. The van der Waals surface area contributed by atoms with E-state index < -0.39 is 10.5 Å². The van der Waals surface area contributed by atoms with Gasteiger partial charge in [-0.1, -0.05) is 60.7 Å². The average molecular weight is 305 g/mol. The molecule has 0 fully saturated rings. The van der Waals surface area contributed by atoms with Gasteiger partial charge in [-0.15, -0.1) is 0 Å². The molecule has 0 saturated carbocycles. The lowest BCUT2D eigenvalue weighted by atomic mass is 9.96. The minimum absolute atomic E-state index is 0.110. The Morgan fingerprint density at radius 3 is 1.15 bits per heavy atom. The van der Waals surface area contributed by atoms with E-state index in [1.54, 1.807) is 48.5 Å². The van der Waals surface area contributed by atoms with E-state index in [9.17, 15) is 9.59 Å². The van der Waals surface area contributed by atoms with Gasteiger partial charge in [-0.2, -0.15) is 0 Å². The summed E-state index contributed by atoms with van der Waals surface area (Å²) in [7, 11) is 0. The van der Waals surface area contributed by atoms with E-state index >= 15 is 0 Å². The van der Waals surface area contributed by atoms with Crippen molar-refractivity contribution in [1.82, 2.24) is 0 Å². The van der Waals surface area contributed by atoms with Crippen molar-refractivity contribution in [2.24, 2.45) is 0 Å². The molecule has 0 aromatic heterocycles. The van der Waals surface area contributed by atoms with Gasteiger partial charge in [-0.05, 0) is 34.3 Å². The summed E-state index contributed by atoms with van der Waals surface area (Å²) in [5.41, 5.74) is 1.33. The second-order valence-corrected chi connectivity index (χ2v) is 4.72. The number of hydrogen-bond donors (Lipinski definition) is 0. The van der Waals surface area contributed by atoms with E-state index in [4.69, 9.17) is 23.2 Å². The van der Waals surface area contributed by atoms with E-state index in [0.717, 1.165) is 0 Å². The summed E-state index contributed by atoms with van der Waals surface area (Å²) < 4.78 is 0. The van der Waals surface area contributed by atoms with Crippen molar-refractivity contribution >= 4 is 44.8 Å². The molecule has 0 radical (unpaired) electrons. The second kappa shape index (κ2) is 6.51. The Labute approximate surface area is 126 Å².